The quantitative estimate of drug-likeness (QED) is 0.203. The van der Waals surface area contributed by atoms with Crippen LogP contribution in [-0.2, 0) is 25.2 Å². The number of hydrogen-bond donors (Lipinski definition) is 1. The van der Waals surface area contributed by atoms with Crippen LogP contribution >= 0.6 is 0 Å². The van der Waals surface area contributed by atoms with E-state index in [1.165, 1.54) is 0 Å². The van der Waals surface area contributed by atoms with Crippen molar-refractivity contribution in [2.24, 2.45) is 5.92 Å². The zero-order valence-electron chi connectivity index (χ0n) is 34.3. The maximum atomic E-state index is 14.3. The van der Waals surface area contributed by atoms with E-state index in [1.54, 1.807) is 47.7 Å². The van der Waals surface area contributed by atoms with Gasteiger partial charge in [0, 0.05) is 37.2 Å². The summed E-state index contributed by atoms with van der Waals surface area (Å²) >= 11 is 0. The number of esters is 1. The Morgan fingerprint density at radius 2 is 1.37 bits per heavy atom. The zero-order valence-corrected chi connectivity index (χ0v) is 34.3. The summed E-state index contributed by atoms with van der Waals surface area (Å²) in [6.45, 7) is 6.74. The summed E-state index contributed by atoms with van der Waals surface area (Å²) in [7, 11) is 7.88. The standard InChI is InChI=1S/C44H58N4O9/c1-7-57-41(50)31-15-21-48(22-16-31)45-42(51)44(33-11-9-8-10-12-33)19-24-46(25-20-44)23-17-43(34-13-14-35(52-2)36(29-34)53-3)18-26-47(30-43)40(49)32-27-37(54-4)39(56-6)38(28-32)55-5/h8-14,27-29,31H,7,15-26,30H2,1-6H3,(H,45,51). The second-order valence-electron chi connectivity index (χ2n) is 15.2. The van der Waals surface area contributed by atoms with Crippen LogP contribution in [-0.4, -0.2) is 121 Å². The number of likely N-dealkylation sites (tertiary alicyclic amines) is 2. The van der Waals surface area contributed by atoms with Crippen molar-refractivity contribution in [3.63, 3.8) is 0 Å². The molecule has 57 heavy (non-hydrogen) atoms. The lowest BCUT2D eigenvalue weighted by Gasteiger charge is -2.43. The third-order valence-electron chi connectivity index (χ3n) is 12.3. The number of ether oxygens (including phenoxy) is 6. The molecule has 3 aromatic rings. The number of rotatable bonds is 15. The van der Waals surface area contributed by atoms with Crippen LogP contribution in [0.1, 0.15) is 66.9 Å². The minimum atomic E-state index is -0.687. The first-order valence-electron chi connectivity index (χ1n) is 20.0. The second kappa shape index (κ2) is 18.5. The lowest BCUT2D eigenvalue weighted by atomic mass is 9.71. The molecule has 3 fully saturated rings. The molecule has 0 spiro atoms. The molecule has 3 aromatic carbocycles. The topological polar surface area (TPSA) is 128 Å². The Morgan fingerprint density at radius 3 is 1.96 bits per heavy atom. The first-order valence-corrected chi connectivity index (χ1v) is 20.0. The summed E-state index contributed by atoms with van der Waals surface area (Å²) in [5, 5.41) is 1.97. The number of nitrogens with one attached hydrogen (secondary N) is 1. The van der Waals surface area contributed by atoms with Gasteiger partial charge in [0.25, 0.3) is 5.91 Å². The van der Waals surface area contributed by atoms with E-state index in [0.29, 0.717) is 92.8 Å². The van der Waals surface area contributed by atoms with Crippen molar-refractivity contribution in [2.45, 2.75) is 56.3 Å². The number of benzene rings is 3. The minimum Gasteiger partial charge on any atom is -0.493 e. The number of hydrazine groups is 1. The van der Waals surface area contributed by atoms with Crippen molar-refractivity contribution in [1.29, 1.82) is 0 Å². The van der Waals surface area contributed by atoms with Crippen LogP contribution in [0.2, 0.25) is 0 Å². The number of methoxy groups -OCH3 is 5. The summed E-state index contributed by atoms with van der Waals surface area (Å²) in [4.78, 5) is 45.2. The van der Waals surface area contributed by atoms with Crippen LogP contribution in [0.15, 0.2) is 60.7 Å². The van der Waals surface area contributed by atoms with E-state index in [2.05, 4.69) is 28.5 Å². The Morgan fingerprint density at radius 1 is 0.719 bits per heavy atom. The average molecular weight is 787 g/mol. The van der Waals surface area contributed by atoms with Gasteiger partial charge in [-0.3, -0.25) is 19.8 Å². The molecule has 3 saturated heterocycles. The number of nitrogens with zero attached hydrogens (tertiary/aromatic N) is 3. The first-order chi connectivity index (χ1) is 27.6. The van der Waals surface area contributed by atoms with Crippen LogP contribution in [0.5, 0.6) is 28.7 Å². The Bertz CT molecular complexity index is 1830. The normalized spacial score (nSPS) is 20.1. The summed E-state index contributed by atoms with van der Waals surface area (Å²) in [6.07, 6.45) is 4.18. The molecule has 2 amide bonds. The highest BCUT2D eigenvalue weighted by Gasteiger charge is 2.46. The van der Waals surface area contributed by atoms with E-state index < -0.39 is 5.41 Å². The Balaban J connectivity index is 1.19. The summed E-state index contributed by atoms with van der Waals surface area (Å²) < 4.78 is 33.2. The lowest BCUT2D eigenvalue weighted by molar-refractivity contribution is -0.150. The predicted molar refractivity (Wildman–Crippen MR) is 215 cm³/mol. The largest absolute Gasteiger partial charge is 0.493 e. The maximum Gasteiger partial charge on any atom is 0.309 e. The predicted octanol–water partition coefficient (Wildman–Crippen LogP) is 5.24. The smallest absolute Gasteiger partial charge is 0.309 e. The molecule has 0 saturated carbocycles. The molecular weight excluding hydrogens is 729 g/mol. The van der Waals surface area contributed by atoms with Gasteiger partial charge < -0.3 is 38.2 Å². The minimum absolute atomic E-state index is 0.00136. The number of carbonyl (C=O) groups is 3. The van der Waals surface area contributed by atoms with Crippen LogP contribution in [0.25, 0.3) is 0 Å². The van der Waals surface area contributed by atoms with E-state index in [9.17, 15) is 14.4 Å². The third kappa shape index (κ3) is 8.79. The SMILES string of the molecule is CCOC(=O)C1CCN(NC(=O)C2(c3ccccc3)CCN(CCC3(c4ccc(OC)c(OC)c4)CCN(C(=O)c4cc(OC)c(OC)c(OC)c4)C3)CC2)CC1. The molecule has 13 nitrogen and oxygen atoms in total. The fraction of sp³-hybridized carbons (Fsp3) is 0.523. The van der Waals surface area contributed by atoms with Crippen molar-refractivity contribution in [3.05, 3.63) is 77.4 Å². The molecular formula is C44H58N4O9. The monoisotopic (exact) mass is 786 g/mol. The van der Waals surface area contributed by atoms with Crippen molar-refractivity contribution >= 4 is 17.8 Å². The van der Waals surface area contributed by atoms with Gasteiger partial charge in [0.2, 0.25) is 11.7 Å². The number of amides is 2. The first kappa shape index (κ1) is 41.6. The number of hydrogen-bond acceptors (Lipinski definition) is 11. The second-order valence-corrected chi connectivity index (χ2v) is 15.2. The Labute approximate surface area is 336 Å². The molecule has 3 aliphatic heterocycles. The molecule has 3 heterocycles. The van der Waals surface area contributed by atoms with Gasteiger partial charge >= 0.3 is 5.97 Å². The summed E-state index contributed by atoms with van der Waals surface area (Å²) in [5.74, 6) is 2.18. The van der Waals surface area contributed by atoms with E-state index in [-0.39, 0.29) is 29.1 Å². The van der Waals surface area contributed by atoms with E-state index in [0.717, 1.165) is 43.6 Å². The molecule has 1 unspecified atom stereocenters. The van der Waals surface area contributed by atoms with Gasteiger partial charge in [-0.05, 0) is 100 Å². The van der Waals surface area contributed by atoms with Crippen molar-refractivity contribution in [3.8, 4) is 28.7 Å². The van der Waals surface area contributed by atoms with E-state index in [1.807, 2.05) is 47.2 Å². The molecule has 1 N–H and O–H groups in total. The zero-order chi connectivity index (χ0) is 40.6. The van der Waals surface area contributed by atoms with Gasteiger partial charge in [-0.15, -0.1) is 0 Å². The molecule has 0 radical (unpaired) electrons. The van der Waals surface area contributed by atoms with Gasteiger partial charge in [-0.25, -0.2) is 5.01 Å². The highest BCUT2D eigenvalue weighted by Crippen LogP contribution is 2.44. The molecule has 3 aliphatic rings. The summed E-state index contributed by atoms with van der Waals surface area (Å²) in [5.41, 5.74) is 4.76. The fourth-order valence-electron chi connectivity index (χ4n) is 8.86. The Hall–Kier alpha value is -5.01. The van der Waals surface area contributed by atoms with Crippen LogP contribution in [0.4, 0.5) is 0 Å². The Kier molecular flexibility index (Phi) is 13.5. The van der Waals surface area contributed by atoms with Crippen molar-refractivity contribution in [2.75, 3.05) is 88.0 Å². The van der Waals surface area contributed by atoms with Gasteiger partial charge in [-0.1, -0.05) is 36.4 Å². The molecule has 0 aliphatic carbocycles. The average Bonchev–Trinajstić information content (AvgIpc) is 3.70. The highest BCUT2D eigenvalue weighted by molar-refractivity contribution is 5.96. The fourth-order valence-corrected chi connectivity index (χ4v) is 8.86. The van der Waals surface area contributed by atoms with Crippen molar-refractivity contribution in [1.82, 2.24) is 20.2 Å². The maximum absolute atomic E-state index is 14.3. The number of piperidine rings is 2. The van der Waals surface area contributed by atoms with Crippen LogP contribution < -0.4 is 29.1 Å². The van der Waals surface area contributed by atoms with Gasteiger partial charge in [0.1, 0.15) is 0 Å². The number of carbonyl (C=O) groups excluding carboxylic acids is 3. The van der Waals surface area contributed by atoms with E-state index in [4.69, 9.17) is 28.4 Å². The van der Waals surface area contributed by atoms with Crippen molar-refractivity contribution < 1.29 is 42.8 Å². The molecule has 0 bridgehead atoms. The highest BCUT2D eigenvalue weighted by atomic mass is 16.5. The lowest BCUT2D eigenvalue weighted by Crippen LogP contribution is -2.57. The molecule has 308 valence electrons. The van der Waals surface area contributed by atoms with E-state index >= 15 is 0 Å². The summed E-state index contributed by atoms with van der Waals surface area (Å²) in [6, 6.07) is 19.6. The molecule has 0 aromatic heterocycles. The van der Waals surface area contributed by atoms with Gasteiger partial charge in [0.15, 0.2) is 23.0 Å². The third-order valence-corrected chi connectivity index (χ3v) is 12.3. The van der Waals surface area contributed by atoms with Gasteiger partial charge in [0.05, 0.1) is 53.5 Å². The molecule has 13 heteroatoms. The molecule has 6 rings (SSSR count). The molecule has 1 atom stereocenters. The van der Waals surface area contributed by atoms with Crippen LogP contribution in [0.3, 0.4) is 0 Å². The van der Waals surface area contributed by atoms with Crippen LogP contribution in [0, 0.1) is 5.92 Å². The van der Waals surface area contributed by atoms with Gasteiger partial charge in [-0.2, -0.15) is 0 Å².